The van der Waals surface area contributed by atoms with Gasteiger partial charge < -0.3 is 19.5 Å². The molecule has 0 aliphatic carbocycles. The quantitative estimate of drug-likeness (QED) is 0.795. The van der Waals surface area contributed by atoms with E-state index in [1.54, 1.807) is 0 Å². The van der Waals surface area contributed by atoms with E-state index in [1.807, 2.05) is 57.0 Å². The van der Waals surface area contributed by atoms with Gasteiger partial charge in [0.25, 0.3) is 0 Å². The van der Waals surface area contributed by atoms with Crippen molar-refractivity contribution in [2.75, 3.05) is 38.5 Å². The number of hydrogen-bond donors (Lipinski definition) is 2. The molecule has 2 fully saturated rings. The maximum absolute atomic E-state index is 12.1. The van der Waals surface area contributed by atoms with Crippen molar-refractivity contribution in [3.63, 3.8) is 0 Å². The lowest BCUT2D eigenvalue weighted by Gasteiger charge is -2.32. The molecule has 142 valence electrons. The first-order chi connectivity index (χ1) is 12.2. The van der Waals surface area contributed by atoms with E-state index in [-0.39, 0.29) is 17.2 Å². The Kier molecular flexibility index (Phi) is 5.30. The Hall–Kier alpha value is -1.61. The molecule has 0 saturated carbocycles. The van der Waals surface area contributed by atoms with Gasteiger partial charge in [0, 0.05) is 31.9 Å². The molecule has 0 bridgehead atoms. The molecule has 7 nitrogen and oxygen atoms in total. The molecule has 2 heterocycles. The Morgan fingerprint density at radius 1 is 1.00 bits per heavy atom. The van der Waals surface area contributed by atoms with E-state index in [9.17, 15) is 4.79 Å². The van der Waals surface area contributed by atoms with Gasteiger partial charge in [0.2, 0.25) is 0 Å². The summed E-state index contributed by atoms with van der Waals surface area (Å²) in [6.45, 7) is 11.7. The number of piperazine rings is 1. The van der Waals surface area contributed by atoms with Crippen LogP contribution in [0.15, 0.2) is 24.3 Å². The van der Waals surface area contributed by atoms with Crippen LogP contribution in [0.2, 0.25) is 0 Å². The third-order valence-corrected chi connectivity index (χ3v) is 5.46. The van der Waals surface area contributed by atoms with E-state index in [0.717, 1.165) is 37.3 Å². The summed E-state index contributed by atoms with van der Waals surface area (Å²) in [6.07, 6.45) is 0. The van der Waals surface area contributed by atoms with Crippen LogP contribution in [-0.2, 0) is 9.31 Å². The Bertz CT molecular complexity index is 626. The van der Waals surface area contributed by atoms with E-state index in [0.29, 0.717) is 0 Å². The molecule has 0 unspecified atom stereocenters. The van der Waals surface area contributed by atoms with E-state index in [4.69, 9.17) is 9.31 Å². The molecule has 2 aliphatic heterocycles. The summed E-state index contributed by atoms with van der Waals surface area (Å²) in [4.78, 5) is 14.4. The predicted molar refractivity (Wildman–Crippen MR) is 103 cm³/mol. The van der Waals surface area contributed by atoms with Gasteiger partial charge in [0.05, 0.1) is 11.2 Å². The molecule has 3 rings (SSSR count). The molecule has 2 N–H and O–H groups in total. The maximum Gasteiger partial charge on any atom is 0.494 e. The van der Waals surface area contributed by atoms with Crippen LogP contribution in [0.3, 0.4) is 0 Å². The number of amides is 2. The standard InChI is InChI=1S/C18H29BN4O3/c1-17(2)18(3,4)26-19(25-17)14-6-8-15(9-7-14)20-16(24)21-23-12-10-22(5)11-13-23/h6-9H,10-13H2,1-5H3,(H2,20,21,24). The third kappa shape index (κ3) is 4.20. The molecule has 8 heteroatoms. The zero-order valence-electron chi connectivity index (χ0n) is 16.3. The van der Waals surface area contributed by atoms with Crippen LogP contribution in [0.5, 0.6) is 0 Å². The van der Waals surface area contributed by atoms with Crippen molar-refractivity contribution in [3.05, 3.63) is 24.3 Å². The summed E-state index contributed by atoms with van der Waals surface area (Å²) in [7, 11) is 1.69. The summed E-state index contributed by atoms with van der Waals surface area (Å²) in [5.41, 5.74) is 3.83. The molecular weight excluding hydrogens is 331 g/mol. The molecule has 0 spiro atoms. The van der Waals surface area contributed by atoms with Crippen LogP contribution in [0.4, 0.5) is 10.5 Å². The zero-order valence-corrected chi connectivity index (χ0v) is 16.3. The second-order valence-corrected chi connectivity index (χ2v) is 8.07. The molecule has 1 aromatic rings. The Balaban J connectivity index is 1.54. The predicted octanol–water partition coefficient (Wildman–Crippen LogP) is 1.27. The van der Waals surface area contributed by atoms with Crippen molar-refractivity contribution in [2.24, 2.45) is 0 Å². The largest absolute Gasteiger partial charge is 0.494 e. The number of urea groups is 1. The van der Waals surface area contributed by atoms with Crippen molar-refractivity contribution in [1.82, 2.24) is 15.3 Å². The lowest BCUT2D eigenvalue weighted by Crippen LogP contribution is -2.53. The van der Waals surface area contributed by atoms with E-state index < -0.39 is 7.12 Å². The van der Waals surface area contributed by atoms with Crippen molar-refractivity contribution < 1.29 is 14.1 Å². The SMILES string of the molecule is CN1CCN(NC(=O)Nc2ccc(B3OC(C)(C)C(C)(C)O3)cc2)CC1. The fourth-order valence-electron chi connectivity index (χ4n) is 2.92. The summed E-state index contributed by atoms with van der Waals surface area (Å²) in [5.74, 6) is 0. The minimum absolute atomic E-state index is 0.224. The summed E-state index contributed by atoms with van der Waals surface area (Å²) >= 11 is 0. The molecular formula is C18H29BN4O3. The lowest BCUT2D eigenvalue weighted by atomic mass is 9.79. The fourth-order valence-corrected chi connectivity index (χ4v) is 2.92. The number of anilines is 1. The average Bonchev–Trinajstić information content (AvgIpc) is 2.78. The second-order valence-electron chi connectivity index (χ2n) is 8.07. The maximum atomic E-state index is 12.1. The van der Waals surface area contributed by atoms with Gasteiger partial charge in [0.15, 0.2) is 0 Å². The molecule has 26 heavy (non-hydrogen) atoms. The molecule has 0 atom stereocenters. The van der Waals surface area contributed by atoms with Crippen LogP contribution in [-0.4, -0.2) is 67.5 Å². The summed E-state index contributed by atoms with van der Waals surface area (Å²) in [5, 5.41) is 4.80. The van der Waals surface area contributed by atoms with Gasteiger partial charge >= 0.3 is 13.1 Å². The number of hydrazine groups is 1. The molecule has 2 amide bonds. The zero-order chi connectivity index (χ0) is 18.9. The first-order valence-electron chi connectivity index (χ1n) is 9.13. The minimum atomic E-state index is -0.395. The van der Waals surface area contributed by atoms with Gasteiger partial charge in [-0.1, -0.05) is 12.1 Å². The van der Waals surface area contributed by atoms with Crippen molar-refractivity contribution >= 4 is 24.3 Å². The number of nitrogens with one attached hydrogen (secondary N) is 2. The number of rotatable bonds is 3. The van der Waals surface area contributed by atoms with Gasteiger partial charge in [-0.3, -0.25) is 5.43 Å². The number of likely N-dealkylation sites (N-methyl/N-ethyl adjacent to an activating group) is 1. The Labute approximate surface area is 156 Å². The highest BCUT2D eigenvalue weighted by atomic mass is 16.7. The molecule has 0 radical (unpaired) electrons. The van der Waals surface area contributed by atoms with Gasteiger partial charge in [0.1, 0.15) is 0 Å². The van der Waals surface area contributed by atoms with Gasteiger partial charge in [-0.2, -0.15) is 0 Å². The lowest BCUT2D eigenvalue weighted by molar-refractivity contribution is 0.00578. The first kappa shape index (κ1) is 19.2. The highest BCUT2D eigenvalue weighted by molar-refractivity contribution is 6.62. The van der Waals surface area contributed by atoms with Crippen LogP contribution in [0, 0.1) is 0 Å². The van der Waals surface area contributed by atoms with Crippen LogP contribution in [0.1, 0.15) is 27.7 Å². The van der Waals surface area contributed by atoms with E-state index in [2.05, 4.69) is 22.7 Å². The number of carbonyl (C=O) groups is 1. The normalized spacial score (nSPS) is 23.0. The first-order valence-corrected chi connectivity index (χ1v) is 9.13. The number of carbonyl (C=O) groups excluding carboxylic acids is 1. The molecule has 0 aromatic heterocycles. The fraction of sp³-hybridized carbons (Fsp3) is 0.611. The molecule has 2 aliphatic rings. The third-order valence-electron chi connectivity index (χ3n) is 5.46. The highest BCUT2D eigenvalue weighted by Gasteiger charge is 2.51. The minimum Gasteiger partial charge on any atom is -0.399 e. The second kappa shape index (κ2) is 7.19. The van der Waals surface area contributed by atoms with Crippen molar-refractivity contribution in [1.29, 1.82) is 0 Å². The average molecular weight is 360 g/mol. The number of benzene rings is 1. The van der Waals surface area contributed by atoms with Crippen molar-refractivity contribution in [2.45, 2.75) is 38.9 Å². The topological polar surface area (TPSA) is 66.1 Å². The van der Waals surface area contributed by atoms with Gasteiger partial charge in [-0.25, -0.2) is 9.80 Å². The molecule has 1 aromatic carbocycles. The van der Waals surface area contributed by atoms with Crippen LogP contribution in [0.25, 0.3) is 0 Å². The van der Waals surface area contributed by atoms with Crippen LogP contribution < -0.4 is 16.2 Å². The van der Waals surface area contributed by atoms with E-state index >= 15 is 0 Å². The van der Waals surface area contributed by atoms with Gasteiger partial charge in [-0.05, 0) is 52.3 Å². The molecule has 2 saturated heterocycles. The summed E-state index contributed by atoms with van der Waals surface area (Å²) in [6, 6.07) is 7.35. The smallest absolute Gasteiger partial charge is 0.399 e. The van der Waals surface area contributed by atoms with Gasteiger partial charge in [-0.15, -0.1) is 0 Å². The Morgan fingerprint density at radius 3 is 2.08 bits per heavy atom. The highest BCUT2D eigenvalue weighted by Crippen LogP contribution is 2.36. The number of hydrogen-bond acceptors (Lipinski definition) is 5. The van der Waals surface area contributed by atoms with Crippen LogP contribution >= 0.6 is 0 Å². The summed E-state index contributed by atoms with van der Waals surface area (Å²) < 4.78 is 12.1. The Morgan fingerprint density at radius 2 is 1.54 bits per heavy atom. The monoisotopic (exact) mass is 360 g/mol. The number of nitrogens with zero attached hydrogens (tertiary/aromatic N) is 2. The van der Waals surface area contributed by atoms with E-state index in [1.165, 1.54) is 0 Å². The van der Waals surface area contributed by atoms with Crippen molar-refractivity contribution in [3.8, 4) is 0 Å².